The zero-order valence-corrected chi connectivity index (χ0v) is 20.6. The highest BCUT2D eigenvalue weighted by Gasteiger charge is 2.37. The lowest BCUT2D eigenvalue weighted by Crippen LogP contribution is -2.51. The van der Waals surface area contributed by atoms with Gasteiger partial charge in [-0.25, -0.2) is 21.6 Å². The van der Waals surface area contributed by atoms with E-state index >= 15 is 0 Å². The highest BCUT2D eigenvalue weighted by Crippen LogP contribution is 2.33. The van der Waals surface area contributed by atoms with Gasteiger partial charge in [0.2, 0.25) is 15.8 Å². The van der Waals surface area contributed by atoms with E-state index in [-0.39, 0.29) is 36.2 Å². The lowest BCUT2D eigenvalue weighted by molar-refractivity contribution is 0.193. The number of piperazine rings is 1. The number of rotatable bonds is 6. The van der Waals surface area contributed by atoms with Crippen LogP contribution in [-0.2, 0) is 10.0 Å². The second-order valence-electron chi connectivity index (χ2n) is 9.69. The molecule has 3 fully saturated rings. The maximum absolute atomic E-state index is 13.8. The normalized spacial score (nSPS) is 23.9. The molecule has 1 saturated heterocycles. The maximum atomic E-state index is 13.8. The first-order chi connectivity index (χ1) is 17.2. The van der Waals surface area contributed by atoms with Crippen LogP contribution in [0.15, 0.2) is 29.2 Å². The van der Waals surface area contributed by atoms with Crippen LogP contribution in [0.2, 0.25) is 0 Å². The van der Waals surface area contributed by atoms with Crippen molar-refractivity contribution in [3.63, 3.8) is 0 Å². The Morgan fingerprint density at radius 1 is 0.944 bits per heavy atom. The number of aromatic nitrogens is 2. The van der Waals surface area contributed by atoms with E-state index in [1.54, 1.807) is 0 Å². The Morgan fingerprint density at radius 3 is 2.22 bits per heavy atom. The molecule has 0 spiro atoms. The number of nitrogens with zero attached hydrogens (tertiary/aromatic N) is 4. The van der Waals surface area contributed by atoms with E-state index in [2.05, 4.69) is 5.10 Å². The summed E-state index contributed by atoms with van der Waals surface area (Å²) in [6.45, 7) is 1.15. The van der Waals surface area contributed by atoms with Crippen LogP contribution in [0.5, 0.6) is 5.75 Å². The van der Waals surface area contributed by atoms with Crippen molar-refractivity contribution in [2.45, 2.75) is 62.5 Å². The van der Waals surface area contributed by atoms with Gasteiger partial charge < -0.3 is 9.64 Å². The van der Waals surface area contributed by atoms with Gasteiger partial charge in [0.05, 0.1) is 17.1 Å². The molecule has 1 aliphatic heterocycles. The molecule has 1 aromatic carbocycles. The fraction of sp³-hybridized carbons (Fsp3) is 0.583. The third-order valence-corrected chi connectivity index (χ3v) is 9.67. The average Bonchev–Trinajstić information content (AvgIpc) is 3.52. The van der Waals surface area contributed by atoms with E-state index in [1.165, 1.54) is 10.5 Å². The van der Waals surface area contributed by atoms with Crippen LogP contribution in [0, 0.1) is 11.6 Å². The molecule has 3 aliphatic rings. The first-order valence-corrected chi connectivity index (χ1v) is 13.9. The predicted molar refractivity (Wildman–Crippen MR) is 128 cm³/mol. The monoisotopic (exact) mass is 526 g/mol. The summed E-state index contributed by atoms with van der Waals surface area (Å²) in [5, 5.41) is 3.79. The molecule has 0 unspecified atom stereocenters. The molecule has 2 aromatic rings. The van der Waals surface area contributed by atoms with Crippen LogP contribution in [0.25, 0.3) is 5.69 Å². The van der Waals surface area contributed by atoms with E-state index in [0.717, 1.165) is 29.7 Å². The third-order valence-electron chi connectivity index (χ3n) is 7.27. The van der Waals surface area contributed by atoms with Crippen LogP contribution < -0.4 is 15.2 Å². The minimum Gasteiger partial charge on any atom is -0.483 e. The smallest absolute Gasteiger partial charge is 0.316 e. The fourth-order valence-electron chi connectivity index (χ4n) is 5.35. The van der Waals surface area contributed by atoms with Gasteiger partial charge >= 0.3 is 5.56 Å². The minimum absolute atomic E-state index is 0.0825. The Kier molecular flexibility index (Phi) is 6.99. The van der Waals surface area contributed by atoms with E-state index < -0.39 is 39.5 Å². The molecular weight excluding hydrogens is 497 g/mol. The third kappa shape index (κ3) is 4.97. The van der Waals surface area contributed by atoms with E-state index in [4.69, 9.17) is 4.74 Å². The molecular formula is C24H29F3N4O4S. The molecule has 0 amide bonds. The Hall–Kier alpha value is -2.60. The van der Waals surface area contributed by atoms with Crippen LogP contribution in [0.3, 0.4) is 0 Å². The second-order valence-corrected chi connectivity index (χ2v) is 11.9. The highest BCUT2D eigenvalue weighted by molar-refractivity contribution is 7.89. The van der Waals surface area contributed by atoms with Crippen molar-refractivity contribution in [2.75, 3.05) is 31.1 Å². The molecule has 2 saturated carbocycles. The van der Waals surface area contributed by atoms with Gasteiger partial charge in [0.15, 0.2) is 0 Å². The SMILES string of the molecule is O=c1c(O[C@H]2CC[C@@H](F)C2)c(N2CCN(S(=O)(=O)C3CCCC3)CC2)cnn1-c1cc(F)cc(F)c1. The molecule has 1 aromatic heterocycles. The summed E-state index contributed by atoms with van der Waals surface area (Å²) in [7, 11) is -3.38. The van der Waals surface area contributed by atoms with E-state index in [0.29, 0.717) is 50.5 Å². The molecule has 8 nitrogen and oxygen atoms in total. The Labute approximate surface area is 207 Å². The summed E-state index contributed by atoms with van der Waals surface area (Å²) in [5.74, 6) is -1.80. The number of alkyl halides is 1. The lowest BCUT2D eigenvalue weighted by Gasteiger charge is -2.37. The minimum atomic E-state index is -3.38. The first kappa shape index (κ1) is 25.1. The van der Waals surface area contributed by atoms with Gasteiger partial charge in [-0.05, 0) is 37.8 Å². The van der Waals surface area contributed by atoms with Crippen molar-refractivity contribution < 1.29 is 26.3 Å². The predicted octanol–water partition coefficient (Wildman–Crippen LogP) is 3.17. The van der Waals surface area contributed by atoms with Crippen molar-refractivity contribution in [3.8, 4) is 11.4 Å². The molecule has 2 atom stereocenters. The van der Waals surface area contributed by atoms with E-state index in [1.807, 2.05) is 4.90 Å². The quantitative estimate of drug-likeness (QED) is 0.575. The lowest BCUT2D eigenvalue weighted by atomic mass is 10.2. The largest absolute Gasteiger partial charge is 0.483 e. The van der Waals surface area contributed by atoms with Gasteiger partial charge in [0, 0.05) is 38.7 Å². The topological polar surface area (TPSA) is 84.7 Å². The summed E-state index contributed by atoms with van der Waals surface area (Å²) in [6.07, 6.45) is 3.94. The van der Waals surface area contributed by atoms with Crippen LogP contribution in [0.1, 0.15) is 44.9 Å². The second kappa shape index (κ2) is 10.0. The summed E-state index contributed by atoms with van der Waals surface area (Å²) < 4.78 is 75.8. The number of sulfonamides is 1. The summed E-state index contributed by atoms with van der Waals surface area (Å²) in [4.78, 5) is 15.2. The van der Waals surface area contributed by atoms with Crippen molar-refractivity contribution in [1.29, 1.82) is 0 Å². The van der Waals surface area contributed by atoms with Crippen LogP contribution in [-0.4, -0.2) is 66.2 Å². The Bertz CT molecular complexity index is 1250. The summed E-state index contributed by atoms with van der Waals surface area (Å²) in [5.41, 5.74) is -0.467. The molecule has 0 N–H and O–H groups in total. The number of anilines is 1. The summed E-state index contributed by atoms with van der Waals surface area (Å²) >= 11 is 0. The van der Waals surface area contributed by atoms with Crippen LogP contribution >= 0.6 is 0 Å². The number of halogens is 3. The zero-order valence-electron chi connectivity index (χ0n) is 19.8. The van der Waals surface area contributed by atoms with Gasteiger partial charge in [-0.1, -0.05) is 12.8 Å². The Morgan fingerprint density at radius 2 is 1.61 bits per heavy atom. The van der Waals surface area contributed by atoms with Crippen molar-refractivity contribution >= 4 is 15.7 Å². The number of benzene rings is 1. The maximum Gasteiger partial charge on any atom is 0.316 e. The van der Waals surface area contributed by atoms with Gasteiger partial charge in [0.1, 0.15) is 29.6 Å². The molecule has 5 rings (SSSR count). The fourth-order valence-corrected chi connectivity index (χ4v) is 7.38. The van der Waals surface area contributed by atoms with Crippen molar-refractivity contribution in [2.24, 2.45) is 0 Å². The van der Waals surface area contributed by atoms with Gasteiger partial charge in [-0.15, -0.1) is 0 Å². The highest BCUT2D eigenvalue weighted by atomic mass is 32.2. The molecule has 0 bridgehead atoms. The molecule has 0 radical (unpaired) electrons. The molecule has 2 heterocycles. The summed E-state index contributed by atoms with van der Waals surface area (Å²) in [6, 6.07) is 2.67. The van der Waals surface area contributed by atoms with E-state index in [9.17, 15) is 26.4 Å². The van der Waals surface area contributed by atoms with Gasteiger partial charge in [-0.2, -0.15) is 14.1 Å². The van der Waals surface area contributed by atoms with Gasteiger partial charge in [0.25, 0.3) is 0 Å². The molecule has 12 heteroatoms. The van der Waals surface area contributed by atoms with Crippen LogP contribution in [0.4, 0.5) is 18.9 Å². The van der Waals surface area contributed by atoms with Gasteiger partial charge in [-0.3, -0.25) is 4.79 Å². The molecule has 2 aliphatic carbocycles. The van der Waals surface area contributed by atoms with Crippen molar-refractivity contribution in [1.82, 2.24) is 14.1 Å². The van der Waals surface area contributed by atoms with Crippen molar-refractivity contribution in [3.05, 3.63) is 46.4 Å². The number of hydrogen-bond acceptors (Lipinski definition) is 6. The standard InChI is InChI=1S/C24H29F3N4O4S/c25-16-5-6-20(14-16)35-23-22(15-28-31(24(23)32)19-12-17(26)11-18(27)13-19)29-7-9-30(10-8-29)36(33,34)21-3-1-2-4-21/h11-13,15-16,20-21H,1-10,14H2/t16-,20+/m1/s1. The molecule has 36 heavy (non-hydrogen) atoms. The number of ether oxygens (including phenoxy) is 1. The Balaban J connectivity index is 1.43. The average molecular weight is 527 g/mol. The molecule has 196 valence electrons. The zero-order chi connectivity index (χ0) is 25.4. The first-order valence-electron chi connectivity index (χ1n) is 12.4. The number of hydrogen-bond donors (Lipinski definition) is 0.